The van der Waals surface area contributed by atoms with Crippen LogP contribution in [-0.4, -0.2) is 63.4 Å². The Labute approximate surface area is 212 Å². The van der Waals surface area contributed by atoms with Crippen molar-refractivity contribution in [1.29, 1.82) is 0 Å². The first kappa shape index (κ1) is 24.4. The number of benzene rings is 3. The smallest absolute Gasteiger partial charge is 0.165 e. The highest BCUT2D eigenvalue weighted by Crippen LogP contribution is 2.33. The molecule has 7 heteroatoms. The van der Waals surface area contributed by atoms with Gasteiger partial charge < -0.3 is 19.1 Å². The minimum Gasteiger partial charge on any atom is -0.493 e. The molecule has 0 N–H and O–H groups in total. The van der Waals surface area contributed by atoms with Crippen molar-refractivity contribution >= 4 is 5.69 Å². The van der Waals surface area contributed by atoms with E-state index in [0.29, 0.717) is 6.61 Å². The van der Waals surface area contributed by atoms with Gasteiger partial charge >= 0.3 is 0 Å². The zero-order valence-electron chi connectivity index (χ0n) is 21.1. The Hall–Kier alpha value is -3.29. The number of para-hydroxylation sites is 1. The van der Waals surface area contributed by atoms with E-state index in [-0.39, 0.29) is 5.82 Å². The number of rotatable bonds is 7. The summed E-state index contributed by atoms with van der Waals surface area (Å²) in [5, 5.41) is 0. The van der Waals surface area contributed by atoms with Crippen LogP contribution in [0.1, 0.15) is 16.7 Å². The monoisotopic (exact) mass is 491 g/mol. The lowest BCUT2D eigenvalue weighted by Gasteiger charge is -2.36. The van der Waals surface area contributed by atoms with E-state index in [1.54, 1.807) is 14.2 Å². The Balaban J connectivity index is 1.23. The maximum absolute atomic E-state index is 13.3. The first-order valence-electron chi connectivity index (χ1n) is 12.5. The maximum Gasteiger partial charge on any atom is 0.165 e. The highest BCUT2D eigenvalue weighted by Gasteiger charge is 2.21. The van der Waals surface area contributed by atoms with Crippen LogP contribution in [0.25, 0.3) is 0 Å². The normalized spacial score (nSPS) is 16.7. The van der Waals surface area contributed by atoms with Crippen LogP contribution in [0.5, 0.6) is 17.2 Å². The molecule has 2 heterocycles. The molecule has 5 rings (SSSR count). The van der Waals surface area contributed by atoms with Gasteiger partial charge in [0, 0.05) is 69.2 Å². The fourth-order valence-electron chi connectivity index (χ4n) is 5.13. The molecule has 0 radical (unpaired) electrons. The summed E-state index contributed by atoms with van der Waals surface area (Å²) in [5.41, 5.74) is 4.71. The van der Waals surface area contributed by atoms with E-state index in [1.807, 2.05) is 24.3 Å². The van der Waals surface area contributed by atoms with Crippen LogP contribution in [-0.2, 0) is 19.6 Å². The lowest BCUT2D eigenvalue weighted by Crippen LogP contribution is -2.45. The minimum absolute atomic E-state index is 0.189. The molecule has 190 valence electrons. The molecule has 6 nitrogen and oxygen atoms in total. The van der Waals surface area contributed by atoms with Gasteiger partial charge in [-0.05, 0) is 48.0 Å². The number of hydrogen-bond donors (Lipinski definition) is 0. The highest BCUT2D eigenvalue weighted by molar-refractivity contribution is 5.47. The molecular weight excluding hydrogens is 457 g/mol. The van der Waals surface area contributed by atoms with Crippen molar-refractivity contribution in [2.45, 2.75) is 19.6 Å². The maximum atomic E-state index is 13.3. The molecule has 0 amide bonds. The van der Waals surface area contributed by atoms with Crippen LogP contribution in [0.3, 0.4) is 0 Å². The largest absolute Gasteiger partial charge is 0.493 e. The van der Waals surface area contributed by atoms with Crippen molar-refractivity contribution in [2.75, 3.05) is 58.5 Å². The summed E-state index contributed by atoms with van der Waals surface area (Å²) in [6.45, 7) is 7.83. The van der Waals surface area contributed by atoms with E-state index in [0.717, 1.165) is 80.9 Å². The summed E-state index contributed by atoms with van der Waals surface area (Å²) in [6, 6.07) is 19.4. The van der Waals surface area contributed by atoms with Crippen LogP contribution in [0, 0.1) is 5.82 Å². The Morgan fingerprint density at radius 1 is 0.833 bits per heavy atom. The Kier molecular flexibility index (Phi) is 7.58. The van der Waals surface area contributed by atoms with Crippen molar-refractivity contribution in [3.63, 3.8) is 0 Å². The fourth-order valence-corrected chi connectivity index (χ4v) is 5.13. The number of piperazine rings is 1. The third-order valence-electron chi connectivity index (χ3n) is 7.03. The molecule has 0 unspecified atom stereocenters. The fraction of sp³-hybridized carbons (Fsp3) is 0.379. The molecule has 1 fully saturated rings. The number of halogens is 1. The first-order chi connectivity index (χ1) is 17.6. The average Bonchev–Trinajstić information content (AvgIpc) is 3.10. The Bertz CT molecular complexity index is 1160. The van der Waals surface area contributed by atoms with E-state index >= 15 is 0 Å². The zero-order valence-corrected chi connectivity index (χ0v) is 21.1. The lowest BCUT2D eigenvalue weighted by molar-refractivity contribution is 0.216. The molecule has 0 saturated carbocycles. The van der Waals surface area contributed by atoms with Crippen molar-refractivity contribution in [3.8, 4) is 17.2 Å². The van der Waals surface area contributed by atoms with Crippen molar-refractivity contribution in [3.05, 3.63) is 83.2 Å². The third-order valence-corrected chi connectivity index (χ3v) is 7.03. The topological polar surface area (TPSA) is 37.4 Å². The highest BCUT2D eigenvalue weighted by atomic mass is 19.1. The zero-order chi connectivity index (χ0) is 24.9. The second kappa shape index (κ2) is 11.2. The van der Waals surface area contributed by atoms with Gasteiger partial charge in [-0.25, -0.2) is 4.39 Å². The van der Waals surface area contributed by atoms with Crippen molar-refractivity contribution in [2.24, 2.45) is 0 Å². The van der Waals surface area contributed by atoms with Crippen molar-refractivity contribution < 1.29 is 18.6 Å². The molecule has 0 atom stereocenters. The van der Waals surface area contributed by atoms with E-state index < -0.39 is 0 Å². The summed E-state index contributed by atoms with van der Waals surface area (Å²) in [6.07, 6.45) is 0. The van der Waals surface area contributed by atoms with Gasteiger partial charge in [0.1, 0.15) is 18.2 Å². The lowest BCUT2D eigenvalue weighted by atomic mass is 10.1. The van der Waals surface area contributed by atoms with Gasteiger partial charge in [-0.3, -0.25) is 9.80 Å². The first-order valence-corrected chi connectivity index (χ1v) is 12.5. The molecule has 0 bridgehead atoms. The molecular formula is C29H34FN3O3. The Morgan fingerprint density at radius 3 is 2.39 bits per heavy atom. The van der Waals surface area contributed by atoms with E-state index in [1.165, 1.54) is 23.3 Å². The number of fused-ring (bicyclic) bond motifs is 1. The molecule has 36 heavy (non-hydrogen) atoms. The Morgan fingerprint density at radius 2 is 1.64 bits per heavy atom. The van der Waals surface area contributed by atoms with Crippen LogP contribution in [0.15, 0.2) is 60.7 Å². The van der Waals surface area contributed by atoms with E-state index in [4.69, 9.17) is 14.2 Å². The second-order valence-electron chi connectivity index (χ2n) is 9.39. The minimum atomic E-state index is -0.189. The van der Waals surface area contributed by atoms with Crippen LogP contribution in [0.2, 0.25) is 0 Å². The molecule has 0 aromatic heterocycles. The quantitative estimate of drug-likeness (QED) is 0.483. The van der Waals surface area contributed by atoms with Crippen LogP contribution in [0.4, 0.5) is 10.1 Å². The third kappa shape index (κ3) is 5.58. The second-order valence-corrected chi connectivity index (χ2v) is 9.39. The summed E-state index contributed by atoms with van der Waals surface area (Å²) in [7, 11) is 3.36. The molecule has 0 aliphatic carbocycles. The summed E-state index contributed by atoms with van der Waals surface area (Å²) in [5.74, 6) is 2.33. The SMILES string of the molecule is COc1cccc(CN2CCOc3ccc(CN4CCN(c5ccc(F)cc5)CC4)cc3C2)c1OC. The molecule has 2 aliphatic heterocycles. The molecule has 0 spiro atoms. The van der Waals surface area contributed by atoms with Gasteiger partial charge in [0.2, 0.25) is 0 Å². The van der Waals surface area contributed by atoms with E-state index in [9.17, 15) is 4.39 Å². The van der Waals surface area contributed by atoms with Gasteiger partial charge in [0.25, 0.3) is 0 Å². The predicted octanol–water partition coefficient (Wildman–Crippen LogP) is 4.56. The summed E-state index contributed by atoms with van der Waals surface area (Å²) in [4.78, 5) is 7.21. The molecule has 3 aromatic rings. The van der Waals surface area contributed by atoms with Crippen molar-refractivity contribution in [1.82, 2.24) is 9.80 Å². The average molecular weight is 492 g/mol. The van der Waals surface area contributed by atoms with Gasteiger partial charge in [0.15, 0.2) is 11.5 Å². The van der Waals surface area contributed by atoms with Gasteiger partial charge in [-0.1, -0.05) is 18.2 Å². The number of anilines is 1. The number of hydrogen-bond acceptors (Lipinski definition) is 6. The number of ether oxygens (including phenoxy) is 3. The van der Waals surface area contributed by atoms with Gasteiger partial charge in [-0.2, -0.15) is 0 Å². The summed E-state index contributed by atoms with van der Waals surface area (Å²) < 4.78 is 30.5. The predicted molar refractivity (Wildman–Crippen MR) is 139 cm³/mol. The number of nitrogens with zero attached hydrogens (tertiary/aromatic N) is 3. The van der Waals surface area contributed by atoms with Gasteiger partial charge in [-0.15, -0.1) is 0 Å². The summed E-state index contributed by atoms with van der Waals surface area (Å²) >= 11 is 0. The van der Waals surface area contributed by atoms with E-state index in [2.05, 4.69) is 39.0 Å². The van der Waals surface area contributed by atoms with Crippen LogP contribution >= 0.6 is 0 Å². The van der Waals surface area contributed by atoms with Crippen LogP contribution < -0.4 is 19.1 Å². The molecule has 3 aromatic carbocycles. The molecule has 1 saturated heterocycles. The molecule has 2 aliphatic rings. The standard InChI is InChI=1S/C29H34FN3O3/c1-34-28-5-3-4-23(29(28)35-2)20-32-16-17-36-27-11-6-22(18-24(27)21-32)19-31-12-14-33(15-13-31)26-9-7-25(30)8-10-26/h3-11,18H,12-17,19-21H2,1-2H3. The van der Waals surface area contributed by atoms with Gasteiger partial charge in [0.05, 0.1) is 14.2 Å². The number of methoxy groups -OCH3 is 2.